The molecular formula is C14H28FNO. The van der Waals surface area contributed by atoms with Crippen molar-refractivity contribution in [1.82, 2.24) is 0 Å². The van der Waals surface area contributed by atoms with Gasteiger partial charge in [0.2, 0.25) is 0 Å². The molecule has 0 aliphatic rings. The molecule has 1 atom stereocenters. The Morgan fingerprint density at radius 1 is 0.941 bits per heavy atom. The summed E-state index contributed by atoms with van der Waals surface area (Å²) in [5.41, 5.74) is 4.84. The van der Waals surface area contributed by atoms with Crippen LogP contribution in [0.4, 0.5) is 4.39 Å². The minimum Gasteiger partial charge on any atom is -0.367 e. The number of primary amides is 1. The van der Waals surface area contributed by atoms with Crippen LogP contribution in [-0.4, -0.2) is 12.1 Å². The minimum absolute atomic E-state index is 0.297. The highest BCUT2D eigenvalue weighted by atomic mass is 19.1. The SMILES string of the molecule is CCCCCCCCCCCC[C@@H](F)C(N)=O. The van der Waals surface area contributed by atoms with Crippen molar-refractivity contribution in [3.8, 4) is 0 Å². The molecule has 2 N–H and O–H groups in total. The van der Waals surface area contributed by atoms with Crippen LogP contribution in [0, 0.1) is 0 Å². The number of amides is 1. The second-order valence-corrected chi connectivity index (χ2v) is 4.84. The zero-order chi connectivity index (χ0) is 12.9. The van der Waals surface area contributed by atoms with E-state index in [1.54, 1.807) is 0 Å². The molecule has 0 saturated heterocycles. The molecule has 0 radical (unpaired) electrons. The first-order valence-electron chi connectivity index (χ1n) is 7.12. The van der Waals surface area contributed by atoms with Gasteiger partial charge in [-0.3, -0.25) is 4.79 Å². The van der Waals surface area contributed by atoms with E-state index in [1.165, 1.54) is 44.9 Å². The Morgan fingerprint density at radius 2 is 1.35 bits per heavy atom. The van der Waals surface area contributed by atoms with E-state index in [0.717, 1.165) is 19.3 Å². The Balaban J connectivity index is 3.06. The lowest BCUT2D eigenvalue weighted by atomic mass is 10.0. The highest BCUT2D eigenvalue weighted by Crippen LogP contribution is 2.12. The van der Waals surface area contributed by atoms with Crippen molar-refractivity contribution in [2.75, 3.05) is 0 Å². The fraction of sp³-hybridized carbons (Fsp3) is 0.929. The Morgan fingerprint density at radius 3 is 1.76 bits per heavy atom. The smallest absolute Gasteiger partial charge is 0.251 e. The monoisotopic (exact) mass is 245 g/mol. The molecule has 0 aromatic carbocycles. The summed E-state index contributed by atoms with van der Waals surface area (Å²) in [5.74, 6) is -0.819. The van der Waals surface area contributed by atoms with Crippen molar-refractivity contribution in [1.29, 1.82) is 0 Å². The summed E-state index contributed by atoms with van der Waals surface area (Å²) in [7, 11) is 0. The molecule has 17 heavy (non-hydrogen) atoms. The average molecular weight is 245 g/mol. The maximum atomic E-state index is 12.8. The minimum atomic E-state index is -1.44. The fourth-order valence-corrected chi connectivity index (χ4v) is 1.95. The molecule has 1 amide bonds. The highest BCUT2D eigenvalue weighted by Gasteiger charge is 2.11. The number of halogens is 1. The first kappa shape index (κ1) is 16.4. The quantitative estimate of drug-likeness (QED) is 0.516. The van der Waals surface area contributed by atoms with Crippen molar-refractivity contribution in [2.24, 2.45) is 5.73 Å². The number of nitrogens with two attached hydrogens (primary N) is 1. The Bertz CT molecular complexity index is 185. The molecule has 2 nitrogen and oxygen atoms in total. The van der Waals surface area contributed by atoms with Crippen LogP contribution in [0.3, 0.4) is 0 Å². The van der Waals surface area contributed by atoms with E-state index >= 15 is 0 Å². The lowest BCUT2D eigenvalue weighted by molar-refractivity contribution is -0.122. The summed E-state index contributed by atoms with van der Waals surface area (Å²) >= 11 is 0. The topological polar surface area (TPSA) is 43.1 Å². The molecule has 3 heteroatoms. The zero-order valence-electron chi connectivity index (χ0n) is 11.2. The molecule has 0 aliphatic heterocycles. The molecule has 0 aromatic rings. The lowest BCUT2D eigenvalue weighted by Gasteiger charge is -2.04. The van der Waals surface area contributed by atoms with Gasteiger partial charge in [-0.1, -0.05) is 71.1 Å². The van der Waals surface area contributed by atoms with E-state index in [9.17, 15) is 9.18 Å². The van der Waals surface area contributed by atoms with Crippen LogP contribution in [0.2, 0.25) is 0 Å². The van der Waals surface area contributed by atoms with Crippen LogP contribution in [0.5, 0.6) is 0 Å². The van der Waals surface area contributed by atoms with Gasteiger partial charge in [0.15, 0.2) is 6.17 Å². The van der Waals surface area contributed by atoms with Crippen molar-refractivity contribution >= 4 is 5.91 Å². The summed E-state index contributed by atoms with van der Waals surface area (Å²) in [4.78, 5) is 10.4. The average Bonchev–Trinajstić information content (AvgIpc) is 2.31. The van der Waals surface area contributed by atoms with E-state index in [1.807, 2.05) is 0 Å². The molecule has 0 saturated carbocycles. The van der Waals surface area contributed by atoms with Crippen LogP contribution in [-0.2, 0) is 4.79 Å². The van der Waals surface area contributed by atoms with Gasteiger partial charge in [0.05, 0.1) is 0 Å². The van der Waals surface area contributed by atoms with E-state index in [0.29, 0.717) is 6.42 Å². The number of unbranched alkanes of at least 4 members (excludes halogenated alkanes) is 9. The number of alkyl halides is 1. The molecule has 0 bridgehead atoms. The van der Waals surface area contributed by atoms with Crippen LogP contribution >= 0.6 is 0 Å². The van der Waals surface area contributed by atoms with Gasteiger partial charge in [0.1, 0.15) is 0 Å². The van der Waals surface area contributed by atoms with E-state index in [4.69, 9.17) is 5.73 Å². The molecular weight excluding hydrogens is 217 g/mol. The Labute approximate surface area is 105 Å². The molecule has 0 spiro atoms. The van der Waals surface area contributed by atoms with Gasteiger partial charge in [-0.25, -0.2) is 4.39 Å². The second-order valence-electron chi connectivity index (χ2n) is 4.84. The third-order valence-electron chi connectivity index (χ3n) is 3.12. The Hall–Kier alpha value is -0.600. The predicted molar refractivity (Wildman–Crippen MR) is 70.6 cm³/mol. The van der Waals surface area contributed by atoms with Gasteiger partial charge in [-0.15, -0.1) is 0 Å². The van der Waals surface area contributed by atoms with E-state index < -0.39 is 12.1 Å². The fourth-order valence-electron chi connectivity index (χ4n) is 1.95. The van der Waals surface area contributed by atoms with Gasteiger partial charge in [0, 0.05) is 0 Å². The van der Waals surface area contributed by atoms with E-state index in [-0.39, 0.29) is 0 Å². The van der Waals surface area contributed by atoms with Crippen molar-refractivity contribution < 1.29 is 9.18 Å². The van der Waals surface area contributed by atoms with E-state index in [2.05, 4.69) is 6.92 Å². The zero-order valence-corrected chi connectivity index (χ0v) is 11.2. The van der Waals surface area contributed by atoms with Gasteiger partial charge < -0.3 is 5.73 Å². The first-order valence-corrected chi connectivity index (χ1v) is 7.12. The van der Waals surface area contributed by atoms with Crippen molar-refractivity contribution in [2.45, 2.75) is 83.7 Å². The Kier molecular flexibility index (Phi) is 11.5. The normalized spacial score (nSPS) is 12.6. The summed E-state index contributed by atoms with van der Waals surface area (Å²) in [6.45, 7) is 2.23. The highest BCUT2D eigenvalue weighted by molar-refractivity contribution is 5.78. The van der Waals surface area contributed by atoms with Crippen molar-refractivity contribution in [3.05, 3.63) is 0 Å². The number of hydrogen-bond acceptors (Lipinski definition) is 1. The molecule has 0 heterocycles. The molecule has 0 aromatic heterocycles. The van der Waals surface area contributed by atoms with Gasteiger partial charge >= 0.3 is 0 Å². The summed E-state index contributed by atoms with van der Waals surface area (Å²) < 4.78 is 12.8. The summed E-state index contributed by atoms with van der Waals surface area (Å²) in [6, 6.07) is 0. The molecule has 0 rings (SSSR count). The van der Waals surface area contributed by atoms with Crippen LogP contribution < -0.4 is 5.73 Å². The third-order valence-corrected chi connectivity index (χ3v) is 3.12. The summed E-state index contributed by atoms with van der Waals surface area (Å²) in [5, 5.41) is 0. The number of hydrogen-bond donors (Lipinski definition) is 1. The van der Waals surface area contributed by atoms with Gasteiger partial charge in [-0.2, -0.15) is 0 Å². The number of rotatable bonds is 12. The first-order chi connectivity index (χ1) is 8.18. The largest absolute Gasteiger partial charge is 0.367 e. The molecule has 0 fully saturated rings. The van der Waals surface area contributed by atoms with Crippen LogP contribution in [0.1, 0.15) is 77.6 Å². The molecule has 102 valence electrons. The maximum Gasteiger partial charge on any atom is 0.251 e. The van der Waals surface area contributed by atoms with Crippen molar-refractivity contribution in [3.63, 3.8) is 0 Å². The molecule has 0 aliphatic carbocycles. The number of carbonyl (C=O) groups excluding carboxylic acids is 1. The predicted octanol–water partition coefficient (Wildman–Crippen LogP) is 4.12. The number of carbonyl (C=O) groups is 1. The van der Waals surface area contributed by atoms with Crippen LogP contribution in [0.25, 0.3) is 0 Å². The van der Waals surface area contributed by atoms with Gasteiger partial charge in [-0.05, 0) is 6.42 Å². The summed E-state index contributed by atoms with van der Waals surface area (Å²) in [6.07, 6.45) is 11.0. The lowest BCUT2D eigenvalue weighted by Crippen LogP contribution is -2.24. The second kappa shape index (κ2) is 11.9. The third kappa shape index (κ3) is 11.7. The standard InChI is InChI=1S/C14H28FNO/c1-2-3-4-5-6-7-8-9-10-11-12-13(15)14(16)17/h13H,2-12H2,1H3,(H2,16,17)/t13-/m1/s1. The maximum absolute atomic E-state index is 12.8. The van der Waals surface area contributed by atoms with Gasteiger partial charge in [0.25, 0.3) is 5.91 Å². The van der Waals surface area contributed by atoms with Crippen LogP contribution in [0.15, 0.2) is 0 Å². The molecule has 0 unspecified atom stereocenters.